The van der Waals surface area contributed by atoms with Crippen molar-refractivity contribution < 1.29 is 9.53 Å². The predicted octanol–water partition coefficient (Wildman–Crippen LogP) is 5.50. The summed E-state index contributed by atoms with van der Waals surface area (Å²) in [6.45, 7) is 5.70. The second-order valence-electron chi connectivity index (χ2n) is 6.93. The number of aromatic amines is 1. The lowest BCUT2D eigenvalue weighted by Crippen LogP contribution is -2.13. The summed E-state index contributed by atoms with van der Waals surface area (Å²) < 4.78 is 6.43. The maximum atomic E-state index is 13.0. The van der Waals surface area contributed by atoms with Crippen LogP contribution < -0.4 is 5.56 Å². The summed E-state index contributed by atoms with van der Waals surface area (Å²) >= 11 is 1.41. The van der Waals surface area contributed by atoms with Gasteiger partial charge in [0, 0.05) is 10.4 Å². The predicted molar refractivity (Wildman–Crippen MR) is 124 cm³/mol. The number of benzene rings is 2. The Labute approximate surface area is 188 Å². The SMILES string of the molecule is CCOC(=O)c1ccccc1N=Nc1c(C)[nH]n(-c2nc(-c3ccccc3)c(C)s2)c1=O. The summed E-state index contributed by atoms with van der Waals surface area (Å²) in [6, 6.07) is 16.5. The average molecular weight is 448 g/mol. The molecule has 0 unspecified atom stereocenters. The first-order valence-electron chi connectivity index (χ1n) is 10.0. The molecule has 0 spiro atoms. The molecular weight excluding hydrogens is 426 g/mol. The molecule has 1 N–H and O–H groups in total. The Balaban J connectivity index is 1.69. The Kier molecular flexibility index (Phi) is 6.09. The minimum absolute atomic E-state index is 0.151. The molecule has 9 heteroatoms. The van der Waals surface area contributed by atoms with Gasteiger partial charge in [-0.15, -0.1) is 10.2 Å². The Morgan fingerprint density at radius 1 is 1.09 bits per heavy atom. The molecule has 0 fully saturated rings. The summed E-state index contributed by atoms with van der Waals surface area (Å²) in [4.78, 5) is 30.8. The molecule has 32 heavy (non-hydrogen) atoms. The van der Waals surface area contributed by atoms with E-state index >= 15 is 0 Å². The van der Waals surface area contributed by atoms with Gasteiger partial charge in [0.2, 0.25) is 5.13 Å². The molecule has 0 aliphatic rings. The number of carbonyl (C=O) groups excluding carboxylic acids is 1. The molecule has 4 aromatic rings. The van der Waals surface area contributed by atoms with Gasteiger partial charge in [-0.2, -0.15) is 4.68 Å². The van der Waals surface area contributed by atoms with E-state index in [1.165, 1.54) is 16.0 Å². The number of carbonyl (C=O) groups is 1. The van der Waals surface area contributed by atoms with Crippen LogP contribution in [0.1, 0.15) is 27.9 Å². The quantitative estimate of drug-likeness (QED) is 0.311. The number of aryl methyl sites for hydroxylation is 2. The molecule has 2 aromatic carbocycles. The van der Waals surface area contributed by atoms with Crippen LogP contribution in [-0.4, -0.2) is 27.3 Å². The molecule has 8 nitrogen and oxygen atoms in total. The van der Waals surface area contributed by atoms with E-state index in [9.17, 15) is 9.59 Å². The van der Waals surface area contributed by atoms with Gasteiger partial charge in [0.1, 0.15) is 5.69 Å². The summed E-state index contributed by atoms with van der Waals surface area (Å²) in [5.41, 5.74) is 2.76. The monoisotopic (exact) mass is 447 g/mol. The number of rotatable bonds is 6. The second-order valence-corrected chi connectivity index (χ2v) is 8.11. The maximum absolute atomic E-state index is 13.0. The van der Waals surface area contributed by atoms with Gasteiger partial charge in [0.25, 0.3) is 0 Å². The van der Waals surface area contributed by atoms with Crippen molar-refractivity contribution in [2.45, 2.75) is 20.8 Å². The molecule has 0 amide bonds. The number of nitrogens with one attached hydrogen (secondary N) is 1. The van der Waals surface area contributed by atoms with Crippen molar-refractivity contribution in [3.63, 3.8) is 0 Å². The van der Waals surface area contributed by atoms with E-state index in [1.54, 1.807) is 38.1 Å². The Bertz CT molecular complexity index is 1350. The van der Waals surface area contributed by atoms with Crippen molar-refractivity contribution >= 4 is 28.7 Å². The molecule has 2 aromatic heterocycles. The molecule has 4 rings (SSSR count). The molecule has 162 valence electrons. The fraction of sp³-hybridized carbons (Fsp3) is 0.174. The topological polar surface area (TPSA) is 102 Å². The summed E-state index contributed by atoms with van der Waals surface area (Å²) in [5, 5.41) is 11.8. The van der Waals surface area contributed by atoms with Crippen LogP contribution >= 0.6 is 11.3 Å². The van der Waals surface area contributed by atoms with E-state index in [4.69, 9.17) is 4.74 Å². The number of esters is 1. The third-order valence-corrected chi connectivity index (χ3v) is 5.68. The third-order valence-electron chi connectivity index (χ3n) is 4.72. The van der Waals surface area contributed by atoms with Crippen LogP contribution in [0, 0.1) is 13.8 Å². The first-order valence-corrected chi connectivity index (χ1v) is 10.8. The number of H-pyrrole nitrogens is 1. The van der Waals surface area contributed by atoms with Gasteiger partial charge in [0.15, 0.2) is 5.69 Å². The lowest BCUT2D eigenvalue weighted by Gasteiger charge is -2.03. The van der Waals surface area contributed by atoms with E-state index < -0.39 is 5.97 Å². The Morgan fingerprint density at radius 2 is 1.81 bits per heavy atom. The van der Waals surface area contributed by atoms with Crippen LogP contribution in [0.15, 0.2) is 69.6 Å². The molecule has 0 aliphatic carbocycles. The highest BCUT2D eigenvalue weighted by Gasteiger charge is 2.18. The number of aromatic nitrogens is 3. The highest BCUT2D eigenvalue weighted by atomic mass is 32.1. The van der Waals surface area contributed by atoms with E-state index in [0.717, 1.165) is 16.1 Å². The third kappa shape index (κ3) is 4.15. The highest BCUT2D eigenvalue weighted by molar-refractivity contribution is 7.14. The van der Waals surface area contributed by atoms with Gasteiger partial charge in [-0.25, -0.2) is 9.78 Å². The zero-order chi connectivity index (χ0) is 22.7. The van der Waals surface area contributed by atoms with Crippen molar-refractivity contribution in [1.29, 1.82) is 0 Å². The normalized spacial score (nSPS) is 11.2. The van der Waals surface area contributed by atoms with Crippen LogP contribution in [0.25, 0.3) is 16.4 Å². The average Bonchev–Trinajstić information content (AvgIpc) is 3.32. The molecule has 0 aliphatic heterocycles. The van der Waals surface area contributed by atoms with Gasteiger partial charge in [-0.1, -0.05) is 53.8 Å². The zero-order valence-electron chi connectivity index (χ0n) is 17.8. The molecule has 0 saturated heterocycles. The number of thiazole rings is 1. The maximum Gasteiger partial charge on any atom is 0.340 e. The van der Waals surface area contributed by atoms with Crippen molar-refractivity contribution in [2.75, 3.05) is 6.61 Å². The van der Waals surface area contributed by atoms with Gasteiger partial charge < -0.3 is 4.74 Å². The largest absolute Gasteiger partial charge is 0.462 e. The molecule has 2 heterocycles. The lowest BCUT2D eigenvalue weighted by molar-refractivity contribution is 0.0527. The van der Waals surface area contributed by atoms with Crippen LogP contribution in [0.5, 0.6) is 0 Å². The molecular formula is C23H21N5O3S. The van der Waals surface area contributed by atoms with Gasteiger partial charge in [-0.05, 0) is 32.9 Å². The fourth-order valence-electron chi connectivity index (χ4n) is 3.18. The minimum atomic E-state index is -0.489. The standard InChI is InChI=1S/C23H21N5O3S/c1-4-31-22(30)17-12-8-9-13-18(17)25-26-19-14(2)27-28(21(19)29)23-24-20(15(3)32-23)16-10-6-5-7-11-16/h5-13,27H,4H2,1-3H3. The molecule has 0 bridgehead atoms. The van der Waals surface area contributed by atoms with Crippen molar-refractivity contribution in [2.24, 2.45) is 10.2 Å². The zero-order valence-corrected chi connectivity index (χ0v) is 18.6. The number of nitrogens with zero attached hydrogens (tertiary/aromatic N) is 4. The van der Waals surface area contributed by atoms with Crippen molar-refractivity contribution in [3.05, 3.63) is 81.1 Å². The minimum Gasteiger partial charge on any atom is -0.462 e. The number of ether oxygens (including phenoxy) is 1. The number of hydrogen-bond acceptors (Lipinski definition) is 7. The highest BCUT2D eigenvalue weighted by Crippen LogP contribution is 2.29. The van der Waals surface area contributed by atoms with E-state index in [2.05, 4.69) is 20.3 Å². The molecule has 0 saturated carbocycles. The van der Waals surface area contributed by atoms with Crippen LogP contribution in [0.2, 0.25) is 0 Å². The Morgan fingerprint density at radius 3 is 2.56 bits per heavy atom. The number of hydrogen-bond donors (Lipinski definition) is 1. The molecule has 0 radical (unpaired) electrons. The van der Waals surface area contributed by atoms with Crippen molar-refractivity contribution in [1.82, 2.24) is 14.8 Å². The van der Waals surface area contributed by atoms with Crippen LogP contribution in [0.3, 0.4) is 0 Å². The van der Waals surface area contributed by atoms with Crippen LogP contribution in [0.4, 0.5) is 11.4 Å². The fourth-order valence-corrected chi connectivity index (χ4v) is 4.07. The summed E-state index contributed by atoms with van der Waals surface area (Å²) in [6.07, 6.45) is 0. The van der Waals surface area contributed by atoms with Gasteiger partial charge in [-0.3, -0.25) is 9.89 Å². The first kappa shape index (κ1) is 21.4. The molecule has 0 atom stereocenters. The van der Waals surface area contributed by atoms with E-state index in [1.807, 2.05) is 37.3 Å². The lowest BCUT2D eigenvalue weighted by atomic mass is 10.1. The summed E-state index contributed by atoms with van der Waals surface area (Å²) in [5.74, 6) is -0.489. The Hall–Kier alpha value is -3.85. The number of azo groups is 1. The van der Waals surface area contributed by atoms with Gasteiger partial charge >= 0.3 is 11.5 Å². The van der Waals surface area contributed by atoms with Crippen LogP contribution in [-0.2, 0) is 4.74 Å². The van der Waals surface area contributed by atoms with E-state index in [0.29, 0.717) is 16.5 Å². The van der Waals surface area contributed by atoms with Crippen molar-refractivity contribution in [3.8, 4) is 16.4 Å². The first-order chi connectivity index (χ1) is 15.5. The van der Waals surface area contributed by atoms with E-state index in [-0.39, 0.29) is 23.4 Å². The smallest absolute Gasteiger partial charge is 0.340 e. The summed E-state index contributed by atoms with van der Waals surface area (Å²) in [7, 11) is 0. The second kappa shape index (κ2) is 9.11. The van der Waals surface area contributed by atoms with Gasteiger partial charge in [0.05, 0.1) is 23.6 Å².